The molecule has 1 aromatic heterocycles. The first-order valence-electron chi connectivity index (χ1n) is 6.50. The number of oxime groups is 1. The third kappa shape index (κ3) is 3.30. The number of thiophene rings is 1. The molecule has 2 aromatic rings. The number of amidine groups is 1. The van der Waals surface area contributed by atoms with Gasteiger partial charge in [-0.15, -0.1) is 11.3 Å². The molecule has 0 aliphatic heterocycles. The van der Waals surface area contributed by atoms with E-state index >= 15 is 0 Å². The van der Waals surface area contributed by atoms with Crippen LogP contribution in [-0.2, 0) is 13.0 Å². The van der Waals surface area contributed by atoms with Crippen molar-refractivity contribution in [1.29, 1.82) is 0 Å². The fourth-order valence-electron chi connectivity index (χ4n) is 1.97. The van der Waals surface area contributed by atoms with Crippen molar-refractivity contribution in [3.8, 4) is 0 Å². The van der Waals surface area contributed by atoms with Crippen molar-refractivity contribution in [3.63, 3.8) is 0 Å². The second-order valence-corrected chi connectivity index (χ2v) is 5.86. The van der Waals surface area contributed by atoms with Gasteiger partial charge in [-0.25, -0.2) is 0 Å². The summed E-state index contributed by atoms with van der Waals surface area (Å²) in [6.07, 6.45) is 1.09. The van der Waals surface area contributed by atoms with Crippen LogP contribution in [0.15, 0.2) is 41.6 Å². The minimum Gasteiger partial charge on any atom is -0.409 e. The highest BCUT2D eigenvalue weighted by molar-refractivity contribution is 7.12. The van der Waals surface area contributed by atoms with Gasteiger partial charge in [0.2, 0.25) is 0 Å². The lowest BCUT2D eigenvalue weighted by molar-refractivity contribution is 0.318. The number of rotatable bonds is 5. The van der Waals surface area contributed by atoms with Gasteiger partial charge in [0, 0.05) is 28.1 Å². The van der Waals surface area contributed by atoms with Gasteiger partial charge < -0.3 is 15.8 Å². The van der Waals surface area contributed by atoms with Crippen LogP contribution in [0.4, 0.5) is 5.69 Å². The summed E-state index contributed by atoms with van der Waals surface area (Å²) >= 11 is 1.85. The van der Waals surface area contributed by atoms with Crippen LogP contribution < -0.4 is 10.6 Å². The Bertz CT molecular complexity index is 589. The molecule has 0 aliphatic rings. The summed E-state index contributed by atoms with van der Waals surface area (Å²) < 4.78 is 0. The van der Waals surface area contributed by atoms with E-state index in [-0.39, 0.29) is 5.84 Å². The Balaban J connectivity index is 2.07. The maximum Gasteiger partial charge on any atom is 0.170 e. The first-order valence-corrected chi connectivity index (χ1v) is 7.32. The van der Waals surface area contributed by atoms with E-state index in [1.165, 1.54) is 9.75 Å². The molecular weight excluding hydrogens is 270 g/mol. The molecule has 5 heteroatoms. The molecule has 0 spiro atoms. The van der Waals surface area contributed by atoms with Crippen LogP contribution in [0.25, 0.3) is 0 Å². The highest BCUT2D eigenvalue weighted by Gasteiger charge is 2.06. The summed E-state index contributed by atoms with van der Waals surface area (Å²) in [5.74, 6) is 0.130. The molecule has 4 nitrogen and oxygen atoms in total. The largest absolute Gasteiger partial charge is 0.409 e. The van der Waals surface area contributed by atoms with Crippen molar-refractivity contribution in [1.82, 2.24) is 0 Å². The summed E-state index contributed by atoms with van der Waals surface area (Å²) in [7, 11) is 2.06. The highest BCUT2D eigenvalue weighted by Crippen LogP contribution is 2.21. The van der Waals surface area contributed by atoms with E-state index in [1.807, 2.05) is 35.6 Å². The fraction of sp³-hybridized carbons (Fsp3) is 0.267. The molecule has 0 radical (unpaired) electrons. The Morgan fingerprint density at radius 1 is 1.20 bits per heavy atom. The smallest absolute Gasteiger partial charge is 0.170 e. The van der Waals surface area contributed by atoms with Gasteiger partial charge in [0.05, 0.1) is 6.54 Å². The molecule has 0 fully saturated rings. The number of aryl methyl sites for hydroxylation is 1. The van der Waals surface area contributed by atoms with Crippen molar-refractivity contribution in [2.45, 2.75) is 19.9 Å². The minimum atomic E-state index is 0.130. The van der Waals surface area contributed by atoms with Crippen molar-refractivity contribution in [2.24, 2.45) is 10.9 Å². The Hall–Kier alpha value is -2.01. The third-order valence-electron chi connectivity index (χ3n) is 3.17. The van der Waals surface area contributed by atoms with E-state index in [0.29, 0.717) is 5.56 Å². The van der Waals surface area contributed by atoms with Gasteiger partial charge in [-0.1, -0.05) is 12.1 Å². The van der Waals surface area contributed by atoms with Gasteiger partial charge in [-0.05, 0) is 42.8 Å². The molecule has 106 valence electrons. The van der Waals surface area contributed by atoms with Crippen LogP contribution in [0.1, 0.15) is 22.2 Å². The summed E-state index contributed by atoms with van der Waals surface area (Å²) in [5.41, 5.74) is 7.37. The SMILES string of the molecule is CCc1ccc(CN(C)c2ccc(C(N)=NO)cc2)s1. The Morgan fingerprint density at radius 2 is 1.85 bits per heavy atom. The quantitative estimate of drug-likeness (QED) is 0.385. The van der Waals surface area contributed by atoms with E-state index in [1.54, 1.807) is 0 Å². The number of hydrogen-bond acceptors (Lipinski definition) is 4. The zero-order valence-corrected chi connectivity index (χ0v) is 12.5. The molecule has 3 N–H and O–H groups in total. The van der Waals surface area contributed by atoms with Gasteiger partial charge in [-0.2, -0.15) is 0 Å². The second kappa shape index (κ2) is 6.43. The Kier molecular flexibility index (Phi) is 4.63. The predicted octanol–water partition coefficient (Wildman–Crippen LogP) is 3.04. The maximum atomic E-state index is 8.64. The van der Waals surface area contributed by atoms with Gasteiger partial charge in [0.1, 0.15) is 0 Å². The topological polar surface area (TPSA) is 61.8 Å². The van der Waals surface area contributed by atoms with Gasteiger partial charge in [0.25, 0.3) is 0 Å². The van der Waals surface area contributed by atoms with Crippen molar-refractivity contribution in [3.05, 3.63) is 51.7 Å². The molecule has 0 bridgehead atoms. The number of hydrogen-bond donors (Lipinski definition) is 2. The van der Waals surface area contributed by atoms with Crippen LogP contribution in [0, 0.1) is 0 Å². The van der Waals surface area contributed by atoms with Gasteiger partial charge in [0.15, 0.2) is 5.84 Å². The van der Waals surface area contributed by atoms with E-state index in [9.17, 15) is 0 Å². The summed E-state index contributed by atoms with van der Waals surface area (Å²) in [5, 5.41) is 11.6. The second-order valence-electron chi connectivity index (χ2n) is 4.61. The lowest BCUT2D eigenvalue weighted by Gasteiger charge is -2.18. The normalized spacial score (nSPS) is 11.6. The highest BCUT2D eigenvalue weighted by atomic mass is 32.1. The Morgan fingerprint density at radius 3 is 2.40 bits per heavy atom. The molecule has 0 aliphatic carbocycles. The molecule has 0 atom stereocenters. The lowest BCUT2D eigenvalue weighted by atomic mass is 10.2. The van der Waals surface area contributed by atoms with Crippen molar-refractivity contribution < 1.29 is 5.21 Å². The Labute approximate surface area is 123 Å². The van der Waals surface area contributed by atoms with E-state index in [4.69, 9.17) is 10.9 Å². The van der Waals surface area contributed by atoms with Crippen molar-refractivity contribution in [2.75, 3.05) is 11.9 Å². The number of benzene rings is 1. The molecule has 20 heavy (non-hydrogen) atoms. The van der Waals surface area contributed by atoms with E-state index in [0.717, 1.165) is 18.7 Å². The average molecular weight is 289 g/mol. The van der Waals surface area contributed by atoms with Crippen LogP contribution in [0.2, 0.25) is 0 Å². The number of nitrogens with two attached hydrogens (primary N) is 1. The lowest BCUT2D eigenvalue weighted by Crippen LogP contribution is -2.16. The molecule has 0 unspecified atom stereocenters. The molecule has 0 amide bonds. The number of nitrogens with zero attached hydrogens (tertiary/aromatic N) is 2. The molecule has 0 saturated carbocycles. The van der Waals surface area contributed by atoms with E-state index < -0.39 is 0 Å². The zero-order chi connectivity index (χ0) is 14.5. The fourth-order valence-corrected chi connectivity index (χ4v) is 2.98. The summed E-state index contributed by atoms with van der Waals surface area (Å²) in [4.78, 5) is 4.95. The average Bonchev–Trinajstić information content (AvgIpc) is 2.94. The van der Waals surface area contributed by atoms with Crippen molar-refractivity contribution >= 4 is 22.9 Å². The summed E-state index contributed by atoms with van der Waals surface area (Å²) in [6, 6.07) is 12.0. The van der Waals surface area contributed by atoms with Crippen LogP contribution in [-0.4, -0.2) is 18.1 Å². The van der Waals surface area contributed by atoms with E-state index in [2.05, 4.69) is 36.2 Å². The molecule has 1 heterocycles. The van der Waals surface area contributed by atoms with Gasteiger partial charge in [-0.3, -0.25) is 0 Å². The molecular formula is C15H19N3OS. The molecule has 1 aromatic carbocycles. The molecule has 0 saturated heterocycles. The van der Waals surface area contributed by atoms with Gasteiger partial charge >= 0.3 is 0 Å². The zero-order valence-electron chi connectivity index (χ0n) is 11.7. The van der Waals surface area contributed by atoms with Crippen LogP contribution >= 0.6 is 11.3 Å². The van der Waals surface area contributed by atoms with Crippen LogP contribution in [0.3, 0.4) is 0 Å². The summed E-state index contributed by atoms with van der Waals surface area (Å²) in [6.45, 7) is 3.05. The molecule has 2 rings (SSSR count). The predicted molar refractivity (Wildman–Crippen MR) is 84.8 cm³/mol. The first-order chi connectivity index (χ1) is 9.63. The first kappa shape index (κ1) is 14.4. The third-order valence-corrected chi connectivity index (χ3v) is 4.38. The maximum absolute atomic E-state index is 8.64. The standard InChI is InChI=1S/C15H19N3OS/c1-3-13-8-9-14(20-13)10-18(2)12-6-4-11(5-7-12)15(16)17-19/h4-9,19H,3,10H2,1-2H3,(H2,16,17). The number of anilines is 1. The van der Waals surface area contributed by atoms with Crippen LogP contribution in [0.5, 0.6) is 0 Å². The minimum absolute atomic E-state index is 0.130. The monoisotopic (exact) mass is 289 g/mol.